The molecule has 1 aliphatic heterocycles. The van der Waals surface area contributed by atoms with Crippen molar-refractivity contribution in [3.63, 3.8) is 0 Å². The number of amides is 1. The number of benzene rings is 1. The highest BCUT2D eigenvalue weighted by molar-refractivity contribution is 5.85. The summed E-state index contributed by atoms with van der Waals surface area (Å²) in [5.41, 5.74) is 0.905. The van der Waals surface area contributed by atoms with Crippen molar-refractivity contribution in [3.05, 3.63) is 24.3 Å². The van der Waals surface area contributed by atoms with E-state index in [1.807, 2.05) is 29.2 Å². The predicted octanol–water partition coefficient (Wildman–Crippen LogP) is 0.725. The van der Waals surface area contributed by atoms with Crippen molar-refractivity contribution in [2.75, 3.05) is 38.8 Å². The number of carbonyl (C=O) groups excluding carboxylic acids is 1. The van der Waals surface area contributed by atoms with Gasteiger partial charge in [-0.3, -0.25) is 4.79 Å². The fourth-order valence-electron chi connectivity index (χ4n) is 2.41. The number of ether oxygens (including phenoxy) is 1. The number of anilines is 1. The van der Waals surface area contributed by atoms with E-state index in [4.69, 9.17) is 4.74 Å². The van der Waals surface area contributed by atoms with Gasteiger partial charge in [0.05, 0.1) is 13.7 Å². The highest BCUT2D eigenvalue weighted by Crippen LogP contribution is 2.24. The normalized spacial score (nSPS) is 20.4. The van der Waals surface area contributed by atoms with Crippen LogP contribution in [-0.4, -0.2) is 55.8 Å². The molecule has 1 amide bonds. The lowest BCUT2D eigenvalue weighted by molar-refractivity contribution is -0.131. The minimum absolute atomic E-state index is 0.0391. The first-order chi connectivity index (χ1) is 9.17. The van der Waals surface area contributed by atoms with E-state index < -0.39 is 6.04 Å². The van der Waals surface area contributed by atoms with Crippen LogP contribution in [0.1, 0.15) is 6.42 Å². The molecule has 5 heteroatoms. The maximum Gasteiger partial charge on any atom is 0.247 e. The summed E-state index contributed by atoms with van der Waals surface area (Å²) in [4.78, 5) is 15.8. The Morgan fingerprint density at radius 3 is 2.89 bits per heavy atom. The molecule has 0 aromatic heterocycles. The van der Waals surface area contributed by atoms with Gasteiger partial charge < -0.3 is 19.6 Å². The number of hydrogen-bond acceptors (Lipinski definition) is 4. The van der Waals surface area contributed by atoms with Crippen molar-refractivity contribution in [1.82, 2.24) is 4.90 Å². The molecule has 1 aromatic rings. The maximum absolute atomic E-state index is 12.2. The van der Waals surface area contributed by atoms with E-state index in [2.05, 4.69) is 0 Å². The SMILES string of the molecule is COc1cccc(N2CCCN(C)C(=O)C2CO)c1. The van der Waals surface area contributed by atoms with Crippen LogP contribution in [0.15, 0.2) is 24.3 Å². The van der Waals surface area contributed by atoms with E-state index in [1.165, 1.54) is 0 Å². The number of nitrogens with zero attached hydrogens (tertiary/aromatic N) is 2. The third-order valence-electron chi connectivity index (χ3n) is 3.49. The molecule has 0 aliphatic carbocycles. The van der Waals surface area contributed by atoms with E-state index in [9.17, 15) is 9.90 Å². The van der Waals surface area contributed by atoms with Crippen molar-refractivity contribution in [2.45, 2.75) is 12.5 Å². The summed E-state index contributed by atoms with van der Waals surface area (Å²) >= 11 is 0. The van der Waals surface area contributed by atoms with Crippen molar-refractivity contribution in [3.8, 4) is 5.75 Å². The highest BCUT2D eigenvalue weighted by atomic mass is 16.5. The van der Waals surface area contributed by atoms with Crippen LogP contribution < -0.4 is 9.64 Å². The van der Waals surface area contributed by atoms with E-state index in [1.54, 1.807) is 19.1 Å². The zero-order chi connectivity index (χ0) is 13.8. The second-order valence-corrected chi connectivity index (χ2v) is 4.71. The molecule has 1 atom stereocenters. The van der Waals surface area contributed by atoms with E-state index in [0.717, 1.165) is 30.9 Å². The summed E-state index contributed by atoms with van der Waals surface area (Å²) in [5.74, 6) is 0.710. The summed E-state index contributed by atoms with van der Waals surface area (Å²) < 4.78 is 5.21. The first-order valence-corrected chi connectivity index (χ1v) is 6.44. The quantitative estimate of drug-likeness (QED) is 0.874. The van der Waals surface area contributed by atoms with Gasteiger partial charge in [0, 0.05) is 31.9 Å². The monoisotopic (exact) mass is 264 g/mol. The maximum atomic E-state index is 12.2. The summed E-state index contributed by atoms with van der Waals surface area (Å²) in [7, 11) is 3.39. The molecular weight excluding hydrogens is 244 g/mol. The molecule has 1 N–H and O–H groups in total. The van der Waals surface area contributed by atoms with Gasteiger partial charge in [-0.05, 0) is 18.6 Å². The molecule has 1 heterocycles. The van der Waals surface area contributed by atoms with Gasteiger partial charge in [0.25, 0.3) is 0 Å². The molecule has 1 saturated heterocycles. The van der Waals surface area contributed by atoms with Crippen LogP contribution in [0.25, 0.3) is 0 Å². The molecule has 0 spiro atoms. The Hall–Kier alpha value is -1.75. The Bertz CT molecular complexity index is 450. The fourth-order valence-corrected chi connectivity index (χ4v) is 2.41. The van der Waals surface area contributed by atoms with Crippen molar-refractivity contribution >= 4 is 11.6 Å². The van der Waals surface area contributed by atoms with Crippen LogP contribution in [0, 0.1) is 0 Å². The number of carbonyl (C=O) groups is 1. The molecule has 0 saturated carbocycles. The van der Waals surface area contributed by atoms with E-state index >= 15 is 0 Å². The fraction of sp³-hybridized carbons (Fsp3) is 0.500. The molecule has 1 fully saturated rings. The van der Waals surface area contributed by atoms with Crippen molar-refractivity contribution in [2.24, 2.45) is 0 Å². The topological polar surface area (TPSA) is 53.0 Å². The van der Waals surface area contributed by atoms with Gasteiger partial charge in [0.2, 0.25) is 5.91 Å². The molecule has 0 radical (unpaired) electrons. The first-order valence-electron chi connectivity index (χ1n) is 6.44. The number of aliphatic hydroxyl groups is 1. The largest absolute Gasteiger partial charge is 0.497 e. The molecule has 5 nitrogen and oxygen atoms in total. The zero-order valence-corrected chi connectivity index (χ0v) is 11.4. The van der Waals surface area contributed by atoms with Gasteiger partial charge in [-0.1, -0.05) is 6.07 Å². The lowest BCUT2D eigenvalue weighted by atomic mass is 10.2. The van der Waals surface area contributed by atoms with Gasteiger partial charge in [-0.25, -0.2) is 0 Å². The van der Waals surface area contributed by atoms with Crippen LogP contribution in [-0.2, 0) is 4.79 Å². The molecule has 1 aliphatic rings. The average Bonchev–Trinajstić information content (AvgIpc) is 2.59. The number of rotatable bonds is 3. The second kappa shape index (κ2) is 5.93. The summed E-state index contributed by atoms with van der Waals surface area (Å²) in [6.45, 7) is 1.28. The molecule has 19 heavy (non-hydrogen) atoms. The highest BCUT2D eigenvalue weighted by Gasteiger charge is 2.30. The molecule has 104 valence electrons. The van der Waals surface area contributed by atoms with Crippen LogP contribution in [0.2, 0.25) is 0 Å². The van der Waals surface area contributed by atoms with Gasteiger partial charge in [-0.2, -0.15) is 0 Å². The van der Waals surface area contributed by atoms with Gasteiger partial charge in [-0.15, -0.1) is 0 Å². The molecule has 2 rings (SSSR count). The van der Waals surface area contributed by atoms with Gasteiger partial charge in [0.15, 0.2) is 0 Å². The average molecular weight is 264 g/mol. The van der Waals surface area contributed by atoms with Crippen LogP contribution in [0.5, 0.6) is 5.75 Å². The van der Waals surface area contributed by atoms with E-state index in [0.29, 0.717) is 0 Å². The van der Waals surface area contributed by atoms with Crippen molar-refractivity contribution < 1.29 is 14.6 Å². The molecule has 1 unspecified atom stereocenters. The Kier molecular flexibility index (Phi) is 4.27. The zero-order valence-electron chi connectivity index (χ0n) is 11.4. The van der Waals surface area contributed by atoms with Crippen molar-refractivity contribution in [1.29, 1.82) is 0 Å². The standard InChI is InChI=1S/C14H20N2O3/c1-15-7-4-8-16(13(10-17)14(15)18)11-5-3-6-12(9-11)19-2/h3,5-6,9,13,17H,4,7-8,10H2,1-2H3. The Balaban J connectivity index is 2.31. The van der Waals surface area contributed by atoms with E-state index in [-0.39, 0.29) is 12.5 Å². The lowest BCUT2D eigenvalue weighted by Crippen LogP contribution is -2.47. The van der Waals surface area contributed by atoms with Gasteiger partial charge >= 0.3 is 0 Å². The first kappa shape index (κ1) is 13.7. The molecule has 1 aromatic carbocycles. The predicted molar refractivity (Wildman–Crippen MR) is 73.5 cm³/mol. The smallest absolute Gasteiger partial charge is 0.247 e. The minimum atomic E-state index is -0.514. The minimum Gasteiger partial charge on any atom is -0.497 e. The summed E-state index contributed by atoms with van der Waals surface area (Å²) in [6.07, 6.45) is 0.885. The Morgan fingerprint density at radius 1 is 1.42 bits per heavy atom. The number of methoxy groups -OCH3 is 1. The number of likely N-dealkylation sites (N-methyl/N-ethyl adjacent to an activating group) is 1. The Labute approximate surface area is 113 Å². The summed E-state index contributed by atoms with van der Waals surface area (Å²) in [5, 5.41) is 9.54. The van der Waals surface area contributed by atoms with Crippen LogP contribution in [0.3, 0.4) is 0 Å². The van der Waals surface area contributed by atoms with Gasteiger partial charge in [0.1, 0.15) is 11.8 Å². The number of hydrogen-bond donors (Lipinski definition) is 1. The van der Waals surface area contributed by atoms with Crippen LogP contribution >= 0.6 is 0 Å². The Morgan fingerprint density at radius 2 is 2.21 bits per heavy atom. The molecular formula is C14H20N2O3. The third kappa shape index (κ3) is 2.81. The van der Waals surface area contributed by atoms with Crippen LogP contribution in [0.4, 0.5) is 5.69 Å². The second-order valence-electron chi connectivity index (χ2n) is 4.71. The third-order valence-corrected chi connectivity index (χ3v) is 3.49. The summed E-state index contributed by atoms with van der Waals surface area (Å²) in [6, 6.07) is 7.07. The number of aliphatic hydroxyl groups excluding tert-OH is 1. The molecule has 0 bridgehead atoms. The lowest BCUT2D eigenvalue weighted by Gasteiger charge is -2.30.